The van der Waals surface area contributed by atoms with Crippen LogP contribution in [0.2, 0.25) is 25.1 Å². The number of carbonyl (C=O) groups is 4. The molecule has 8 N–H and O–H groups in total. The van der Waals surface area contributed by atoms with E-state index in [-0.39, 0.29) is 56.4 Å². The number of hydrogen-bond acceptors (Lipinski definition) is 24. The third-order valence-electron chi connectivity index (χ3n) is 20.8. The zero-order valence-corrected chi connectivity index (χ0v) is 73.2. The minimum Gasteiger partial charge on any atom is -0.421 e. The average molecular weight is 1810 g/mol. The fourth-order valence-electron chi connectivity index (χ4n) is 13.4. The summed E-state index contributed by atoms with van der Waals surface area (Å²) in [5.41, 5.74) is 18.3. The van der Waals surface area contributed by atoms with Gasteiger partial charge in [-0.05, 0) is 201 Å². The number of nitrogens with one attached hydrogen (secondary N) is 4. The van der Waals surface area contributed by atoms with Crippen LogP contribution in [0.5, 0.6) is 0 Å². The molecule has 4 aromatic carbocycles. The second kappa shape index (κ2) is 42.8. The number of rotatable bonds is 19. The number of hydrogen-bond donors (Lipinski definition) is 8. The molecule has 12 heterocycles. The van der Waals surface area contributed by atoms with Gasteiger partial charge in [-0.1, -0.05) is 113 Å². The van der Waals surface area contributed by atoms with Gasteiger partial charge in [0.25, 0.3) is 0 Å². The first-order valence-corrected chi connectivity index (χ1v) is 42.1. The summed E-state index contributed by atoms with van der Waals surface area (Å²) in [7, 11) is 0. The van der Waals surface area contributed by atoms with Crippen LogP contribution in [0.15, 0.2) is 170 Å². The molecule has 0 aliphatic carbocycles. The number of anilines is 4. The van der Waals surface area contributed by atoms with Crippen molar-refractivity contribution in [3.8, 4) is 45.8 Å². The minimum atomic E-state index is -0.310. The van der Waals surface area contributed by atoms with Crippen LogP contribution in [0.25, 0.3) is 68.1 Å². The number of amides is 8. The normalized spacial score (nSPS) is 13.8. The highest BCUT2D eigenvalue weighted by Gasteiger charge is 2.27. The molecule has 0 fully saturated rings. The SMILES string of the molecule is Cc1ccc(NC(=O)N2CC=C(c3ccc(-c4nnc(CO)o4)cc3Cl)CC2)nc1.Cc1ccc(NC(=O)N2CC=C(c3ncc(-c4nnc(CCO)o4)cc3Cl)CC2)cc1C.Cc1ccc(NC(=O)N2CC=C(c3ncc(-c4nnc(CCO)o4)cc3Cl)CC2)cc1C.Cc1ccc(NC(=O)N2CC=C(c3ncc(-c4nnc(CCO)o4)cc3Cl)CC2)cc1Cl. The van der Waals surface area contributed by atoms with E-state index in [9.17, 15) is 19.2 Å². The number of nitrogens with zero attached hydrogens (tertiary/aromatic N) is 16. The first-order chi connectivity index (χ1) is 60.8. The van der Waals surface area contributed by atoms with Gasteiger partial charge in [0.2, 0.25) is 47.1 Å². The van der Waals surface area contributed by atoms with E-state index in [2.05, 4.69) is 82.0 Å². The number of pyridine rings is 4. The lowest BCUT2D eigenvalue weighted by atomic mass is 9.98. The topological polar surface area (TPSA) is 418 Å². The van der Waals surface area contributed by atoms with Gasteiger partial charge in [0.05, 0.1) is 68.7 Å². The highest BCUT2D eigenvalue weighted by Crippen LogP contribution is 2.37. The molecular formula is C89H89Cl5N20O12. The maximum atomic E-state index is 12.6. The number of aromatic nitrogens is 12. The zero-order valence-electron chi connectivity index (χ0n) is 69.5. The largest absolute Gasteiger partial charge is 0.421 e. The van der Waals surface area contributed by atoms with Crippen molar-refractivity contribution in [1.29, 1.82) is 0 Å². The number of halogens is 5. The van der Waals surface area contributed by atoms with Gasteiger partial charge in [0.1, 0.15) is 12.4 Å². The molecule has 16 rings (SSSR count). The van der Waals surface area contributed by atoms with Crippen molar-refractivity contribution < 1.29 is 57.3 Å². The van der Waals surface area contributed by atoms with Crippen molar-refractivity contribution in [3.63, 3.8) is 0 Å². The lowest BCUT2D eigenvalue weighted by molar-refractivity contribution is 0.216. The molecule has 4 aliphatic heterocycles. The second-order valence-electron chi connectivity index (χ2n) is 29.6. The number of aliphatic hydroxyl groups excluding tert-OH is 4. The van der Waals surface area contributed by atoms with Crippen LogP contribution >= 0.6 is 58.0 Å². The number of aryl methyl sites for hydroxylation is 6. The molecule has 0 atom stereocenters. The van der Waals surface area contributed by atoms with Crippen molar-refractivity contribution in [3.05, 3.63) is 257 Å². The maximum Gasteiger partial charge on any atom is 0.323 e. The molecular weight excluding hydrogens is 1720 g/mol. The van der Waals surface area contributed by atoms with Crippen LogP contribution in [-0.4, -0.2) is 197 Å². The van der Waals surface area contributed by atoms with Crippen molar-refractivity contribution in [2.45, 2.75) is 93.1 Å². The molecule has 8 amide bonds. The Balaban J connectivity index is 0.000000144. The van der Waals surface area contributed by atoms with Gasteiger partial charge >= 0.3 is 24.1 Å². The summed E-state index contributed by atoms with van der Waals surface area (Å²) in [4.78, 5) is 74.9. The smallest absolute Gasteiger partial charge is 0.323 e. The first-order valence-electron chi connectivity index (χ1n) is 40.2. The summed E-state index contributed by atoms with van der Waals surface area (Å²) in [5.74, 6) is 2.97. The van der Waals surface area contributed by atoms with E-state index in [0.29, 0.717) is 214 Å². The Morgan fingerprint density at radius 1 is 0.349 bits per heavy atom. The third kappa shape index (κ3) is 23.7. The molecule has 0 unspecified atom stereocenters. The van der Waals surface area contributed by atoms with Gasteiger partial charge in [-0.2, -0.15) is 0 Å². The van der Waals surface area contributed by atoms with Crippen LogP contribution in [0.3, 0.4) is 0 Å². The molecule has 0 saturated heterocycles. The fourth-order valence-corrected chi connectivity index (χ4v) is 14.7. The van der Waals surface area contributed by atoms with Crippen LogP contribution in [0.4, 0.5) is 42.1 Å². The summed E-state index contributed by atoms with van der Waals surface area (Å²) in [6.07, 6.45) is 18.0. The zero-order chi connectivity index (χ0) is 89.1. The van der Waals surface area contributed by atoms with Crippen LogP contribution in [0.1, 0.15) is 105 Å². The molecule has 126 heavy (non-hydrogen) atoms. The number of aliphatic hydroxyl groups is 4. The van der Waals surface area contributed by atoms with E-state index in [4.69, 9.17) is 96.1 Å². The molecule has 37 heteroatoms. The van der Waals surface area contributed by atoms with E-state index in [0.717, 1.165) is 61.5 Å². The average Bonchev–Trinajstić information content (AvgIpc) is 1.60. The Kier molecular flexibility index (Phi) is 31.0. The Hall–Kier alpha value is -12.6. The lowest BCUT2D eigenvalue weighted by Gasteiger charge is -2.27. The van der Waals surface area contributed by atoms with Gasteiger partial charge < -0.3 is 73.6 Å². The lowest BCUT2D eigenvalue weighted by Crippen LogP contribution is -2.38. The molecule has 0 spiro atoms. The number of carbonyl (C=O) groups excluding carboxylic acids is 4. The van der Waals surface area contributed by atoms with Crippen molar-refractivity contribution in [2.75, 3.05) is 93.4 Å². The van der Waals surface area contributed by atoms with Crippen molar-refractivity contribution >= 4 is 127 Å². The van der Waals surface area contributed by atoms with Gasteiger partial charge in [-0.15, -0.1) is 40.8 Å². The van der Waals surface area contributed by atoms with E-state index in [1.54, 1.807) is 80.8 Å². The maximum absolute atomic E-state index is 12.6. The summed E-state index contributed by atoms with van der Waals surface area (Å²) in [5, 5.41) is 81.4. The summed E-state index contributed by atoms with van der Waals surface area (Å²) in [6.45, 7) is 15.6. The van der Waals surface area contributed by atoms with Crippen LogP contribution < -0.4 is 21.3 Å². The molecule has 652 valence electrons. The Morgan fingerprint density at radius 3 is 1.04 bits per heavy atom. The van der Waals surface area contributed by atoms with E-state index in [1.165, 1.54) is 11.1 Å². The van der Waals surface area contributed by atoms with Crippen LogP contribution in [0, 0.1) is 41.5 Å². The van der Waals surface area contributed by atoms with Gasteiger partial charge in [-0.3, -0.25) is 20.3 Å². The molecule has 0 saturated carbocycles. The molecule has 0 radical (unpaired) electrons. The van der Waals surface area contributed by atoms with E-state index < -0.39 is 0 Å². The summed E-state index contributed by atoms with van der Waals surface area (Å²) in [6, 6.07) is 30.9. The standard InChI is InChI=1S/2C23H24ClN5O3.C22H21Cl2N5O3.C21H20ClN5O3/c2*1-14-3-4-18(11-15(14)2)26-23(31)29-8-5-16(6-9-29)21-19(24)12-17(13-25-21)22-28-27-20(32-22)7-10-30;1-13-2-3-16(11-17(13)23)26-22(31)29-7-4-14(5-8-29)20-18(24)10-15(12-25-20)21-28-27-19(32-21)6-9-30;1-13-2-5-18(23-11-13)24-21(29)27-8-6-14(7-9-27)16-4-3-15(10-17(16)22)20-26-25-19(12-28)30-20/h2*3-5,11-13,30H,6-10H2,1-2H3,(H,26,31);2-4,10-12,30H,5-9H2,1H3,(H,26,31);2-6,10-11,28H,7-9,12H2,1H3,(H,23,24,29). The molecule has 4 aliphatic rings. The van der Waals surface area contributed by atoms with E-state index in [1.807, 2.05) is 133 Å². The predicted molar refractivity (Wildman–Crippen MR) is 480 cm³/mol. The second-order valence-corrected chi connectivity index (χ2v) is 31.7. The first kappa shape index (κ1) is 91.1. The molecule has 0 bridgehead atoms. The minimum absolute atomic E-state index is 0.0621. The van der Waals surface area contributed by atoms with Gasteiger partial charge in [0, 0.05) is 129 Å². The molecule has 32 nitrogen and oxygen atoms in total. The number of urea groups is 4. The highest BCUT2D eigenvalue weighted by molar-refractivity contribution is 6.34. The van der Waals surface area contributed by atoms with Gasteiger partial charge in [-0.25, -0.2) is 24.2 Å². The third-order valence-corrected chi connectivity index (χ3v) is 22.4. The van der Waals surface area contributed by atoms with E-state index >= 15 is 0 Å². The highest BCUT2D eigenvalue weighted by atomic mass is 35.5. The monoisotopic (exact) mass is 1800 g/mol. The van der Waals surface area contributed by atoms with Crippen molar-refractivity contribution in [1.82, 2.24) is 80.3 Å². The quantitative estimate of drug-likeness (QED) is 0.0373. The number of benzene rings is 4. The molecule has 12 aromatic rings. The fraction of sp³-hybridized carbons (Fsp3) is 0.281. The van der Waals surface area contributed by atoms with Gasteiger partial charge in [0.15, 0.2) is 0 Å². The Bertz CT molecular complexity index is 5640. The Labute approximate surface area is 749 Å². The predicted octanol–water partition coefficient (Wildman–Crippen LogP) is 17.0. The molecule has 8 aromatic heterocycles. The summed E-state index contributed by atoms with van der Waals surface area (Å²) < 4.78 is 21.9. The van der Waals surface area contributed by atoms with Crippen LogP contribution in [-0.2, 0) is 25.9 Å². The van der Waals surface area contributed by atoms with Crippen molar-refractivity contribution in [2.24, 2.45) is 0 Å². The Morgan fingerprint density at radius 2 is 0.706 bits per heavy atom. The summed E-state index contributed by atoms with van der Waals surface area (Å²) >= 11 is 32.1.